The van der Waals surface area contributed by atoms with Crippen LogP contribution >= 0.6 is 11.3 Å². The van der Waals surface area contributed by atoms with Crippen molar-refractivity contribution in [3.05, 3.63) is 15.6 Å². The molecule has 4 heteroatoms. The first kappa shape index (κ1) is 17.6. The van der Waals surface area contributed by atoms with Crippen LogP contribution in [-0.4, -0.2) is 18.6 Å². The van der Waals surface area contributed by atoms with Crippen molar-refractivity contribution in [1.82, 2.24) is 10.3 Å². The number of hydrogen-bond donors (Lipinski definition) is 1. The van der Waals surface area contributed by atoms with E-state index in [1.165, 1.54) is 10.6 Å². The first-order valence-electron chi connectivity index (χ1n) is 7.80. The first-order chi connectivity index (χ1) is 9.54. The summed E-state index contributed by atoms with van der Waals surface area (Å²) in [5.74, 6) is 0.460. The van der Waals surface area contributed by atoms with Crippen LogP contribution in [-0.2, 0) is 16.9 Å². The molecule has 1 rings (SSSR count). The van der Waals surface area contributed by atoms with Gasteiger partial charge < -0.3 is 10.1 Å². The molecule has 0 aliphatic carbocycles. The Bertz CT molecular complexity index is 389. The highest BCUT2D eigenvalue weighted by molar-refractivity contribution is 7.11. The van der Waals surface area contributed by atoms with E-state index >= 15 is 0 Å². The maximum Gasteiger partial charge on any atom is 0.125 e. The summed E-state index contributed by atoms with van der Waals surface area (Å²) in [6, 6.07) is 0. The Morgan fingerprint density at radius 3 is 2.35 bits per heavy atom. The molecule has 0 bridgehead atoms. The molecular formula is C16H30N2OS. The van der Waals surface area contributed by atoms with Crippen LogP contribution in [0.25, 0.3) is 0 Å². The number of aromatic nitrogens is 1. The summed E-state index contributed by atoms with van der Waals surface area (Å²) in [5.41, 5.74) is 1.02. The van der Waals surface area contributed by atoms with E-state index in [-0.39, 0.29) is 5.60 Å². The molecule has 20 heavy (non-hydrogen) atoms. The van der Waals surface area contributed by atoms with Crippen molar-refractivity contribution in [3.8, 4) is 0 Å². The van der Waals surface area contributed by atoms with E-state index in [1.807, 2.05) is 11.3 Å². The lowest BCUT2D eigenvalue weighted by atomic mass is 9.98. The van der Waals surface area contributed by atoms with E-state index < -0.39 is 0 Å². The summed E-state index contributed by atoms with van der Waals surface area (Å²) >= 11 is 1.82. The van der Waals surface area contributed by atoms with Gasteiger partial charge in [-0.1, -0.05) is 34.6 Å². The van der Waals surface area contributed by atoms with Crippen LogP contribution in [0.4, 0.5) is 0 Å². The average molecular weight is 298 g/mol. The average Bonchev–Trinajstić information content (AvgIpc) is 2.87. The summed E-state index contributed by atoms with van der Waals surface area (Å²) in [4.78, 5) is 6.29. The molecule has 3 nitrogen and oxygen atoms in total. The lowest BCUT2D eigenvalue weighted by molar-refractivity contribution is -0.0220. The molecular weight excluding hydrogens is 268 g/mol. The van der Waals surface area contributed by atoms with Gasteiger partial charge in [-0.05, 0) is 31.7 Å². The summed E-state index contributed by atoms with van der Waals surface area (Å²) in [5, 5.41) is 4.64. The maximum absolute atomic E-state index is 5.82. The molecule has 0 fully saturated rings. The minimum Gasteiger partial charge on any atom is -0.371 e. The van der Waals surface area contributed by atoms with Crippen LogP contribution in [0.5, 0.6) is 0 Å². The Morgan fingerprint density at radius 1 is 1.25 bits per heavy atom. The Hall–Kier alpha value is -0.450. The van der Waals surface area contributed by atoms with Crippen molar-refractivity contribution >= 4 is 11.3 Å². The molecule has 0 saturated heterocycles. The molecule has 0 aliphatic heterocycles. The van der Waals surface area contributed by atoms with E-state index in [0.717, 1.165) is 37.4 Å². The predicted octanol–water partition coefficient (Wildman–Crippen LogP) is 4.43. The van der Waals surface area contributed by atoms with Crippen molar-refractivity contribution in [1.29, 1.82) is 0 Å². The van der Waals surface area contributed by atoms with E-state index in [2.05, 4.69) is 39.9 Å². The Labute approximate surface area is 128 Å². The number of thiazole rings is 1. The highest BCUT2D eigenvalue weighted by Crippen LogP contribution is 2.38. The van der Waals surface area contributed by atoms with Gasteiger partial charge in [-0.15, -0.1) is 11.3 Å². The molecule has 0 spiro atoms. The van der Waals surface area contributed by atoms with E-state index in [4.69, 9.17) is 9.72 Å². The lowest BCUT2D eigenvalue weighted by Crippen LogP contribution is -2.26. The fraction of sp³-hybridized carbons (Fsp3) is 0.812. The summed E-state index contributed by atoms with van der Waals surface area (Å²) in [7, 11) is 1.80. The second-order valence-corrected chi connectivity index (χ2v) is 6.65. The van der Waals surface area contributed by atoms with Crippen molar-refractivity contribution in [3.63, 3.8) is 0 Å². The van der Waals surface area contributed by atoms with Gasteiger partial charge in [-0.25, -0.2) is 4.98 Å². The first-order valence-corrected chi connectivity index (χ1v) is 8.62. The van der Waals surface area contributed by atoms with Gasteiger partial charge in [0.05, 0.1) is 5.69 Å². The second kappa shape index (κ2) is 8.11. The van der Waals surface area contributed by atoms with Gasteiger partial charge in [-0.3, -0.25) is 0 Å². The van der Waals surface area contributed by atoms with Gasteiger partial charge in [0.1, 0.15) is 10.6 Å². The van der Waals surface area contributed by atoms with Gasteiger partial charge in [0, 0.05) is 18.5 Å². The number of rotatable bonds is 9. The number of ether oxygens (including phenoxy) is 1. The van der Waals surface area contributed by atoms with Gasteiger partial charge in [-0.2, -0.15) is 0 Å². The maximum atomic E-state index is 5.82. The normalized spacial score (nSPS) is 12.3. The molecule has 0 amide bonds. The molecule has 0 aliphatic rings. The fourth-order valence-corrected chi connectivity index (χ4v) is 3.94. The van der Waals surface area contributed by atoms with Gasteiger partial charge >= 0.3 is 0 Å². The molecule has 0 saturated carbocycles. The van der Waals surface area contributed by atoms with E-state index in [0.29, 0.717) is 5.92 Å². The van der Waals surface area contributed by atoms with Crippen molar-refractivity contribution in [2.24, 2.45) is 0 Å². The topological polar surface area (TPSA) is 34.1 Å². The zero-order valence-corrected chi connectivity index (χ0v) is 14.7. The third-order valence-corrected chi connectivity index (χ3v) is 5.17. The third kappa shape index (κ3) is 3.80. The minimum atomic E-state index is -0.211. The smallest absolute Gasteiger partial charge is 0.125 e. The highest BCUT2D eigenvalue weighted by Gasteiger charge is 2.33. The fourth-order valence-electron chi connectivity index (χ4n) is 2.44. The Balaban J connectivity index is 3.07. The zero-order chi connectivity index (χ0) is 15.2. The molecule has 116 valence electrons. The minimum absolute atomic E-state index is 0.211. The summed E-state index contributed by atoms with van der Waals surface area (Å²) in [6.45, 7) is 13.0. The van der Waals surface area contributed by atoms with Gasteiger partial charge in [0.25, 0.3) is 0 Å². The van der Waals surface area contributed by atoms with Crippen molar-refractivity contribution in [2.75, 3.05) is 13.7 Å². The molecule has 0 atom stereocenters. The Kier molecular flexibility index (Phi) is 7.13. The van der Waals surface area contributed by atoms with Crippen LogP contribution in [0.2, 0.25) is 0 Å². The Morgan fingerprint density at radius 2 is 1.90 bits per heavy atom. The highest BCUT2D eigenvalue weighted by atomic mass is 32.1. The largest absolute Gasteiger partial charge is 0.371 e. The van der Waals surface area contributed by atoms with E-state index in [1.54, 1.807) is 7.11 Å². The zero-order valence-electron chi connectivity index (χ0n) is 13.9. The third-order valence-electron chi connectivity index (χ3n) is 3.91. The van der Waals surface area contributed by atoms with Crippen molar-refractivity contribution < 1.29 is 4.74 Å². The van der Waals surface area contributed by atoms with Gasteiger partial charge in [0.15, 0.2) is 0 Å². The van der Waals surface area contributed by atoms with Crippen molar-refractivity contribution in [2.45, 2.75) is 71.9 Å². The number of methoxy groups -OCH3 is 1. The van der Waals surface area contributed by atoms with Crippen LogP contribution in [0.15, 0.2) is 0 Å². The van der Waals surface area contributed by atoms with E-state index in [9.17, 15) is 0 Å². The summed E-state index contributed by atoms with van der Waals surface area (Å²) in [6.07, 6.45) is 3.09. The SMILES string of the molecule is CCCNCc1sc(C(CC)(CC)OC)nc1C(C)C. The van der Waals surface area contributed by atoms with Crippen LogP contribution in [0, 0.1) is 0 Å². The standard InChI is InChI=1S/C16H30N2OS/c1-7-10-17-11-13-14(12(4)5)18-15(20-13)16(8-2,9-3)19-6/h12,17H,7-11H2,1-6H3. The number of hydrogen-bond acceptors (Lipinski definition) is 4. The molecule has 0 aromatic carbocycles. The van der Waals surface area contributed by atoms with Crippen LogP contribution in [0.1, 0.15) is 75.4 Å². The summed E-state index contributed by atoms with van der Waals surface area (Å²) < 4.78 is 5.82. The quantitative estimate of drug-likeness (QED) is 0.685. The molecule has 1 aromatic heterocycles. The number of nitrogens with one attached hydrogen (secondary N) is 1. The second-order valence-electron chi connectivity index (χ2n) is 5.56. The molecule has 1 heterocycles. The molecule has 0 unspecified atom stereocenters. The van der Waals surface area contributed by atoms with Crippen LogP contribution in [0.3, 0.4) is 0 Å². The number of nitrogens with zero attached hydrogens (tertiary/aromatic N) is 1. The van der Waals surface area contributed by atoms with Gasteiger partial charge in [0.2, 0.25) is 0 Å². The predicted molar refractivity (Wildman–Crippen MR) is 87.5 cm³/mol. The molecule has 1 N–H and O–H groups in total. The van der Waals surface area contributed by atoms with Crippen LogP contribution < -0.4 is 5.32 Å². The lowest BCUT2D eigenvalue weighted by Gasteiger charge is -2.27. The monoisotopic (exact) mass is 298 g/mol. The molecule has 1 aromatic rings. The molecule has 0 radical (unpaired) electrons.